The Hall–Kier alpha value is -1.60. The lowest BCUT2D eigenvalue weighted by atomic mass is 10.0. The van der Waals surface area contributed by atoms with Gasteiger partial charge in [-0.15, -0.1) is 0 Å². The number of aryl methyl sites for hydroxylation is 1. The maximum absolute atomic E-state index is 11.6. The molecular weight excluding hydrogens is 256 g/mol. The highest BCUT2D eigenvalue weighted by Crippen LogP contribution is 2.29. The second-order valence-electron chi connectivity index (χ2n) is 4.06. The van der Waals surface area contributed by atoms with Gasteiger partial charge in [0.15, 0.2) is 0 Å². The maximum atomic E-state index is 11.6. The Morgan fingerprint density at radius 1 is 1.44 bits per heavy atom. The van der Waals surface area contributed by atoms with Gasteiger partial charge in [0.1, 0.15) is 0 Å². The quantitative estimate of drug-likeness (QED) is 0.819. The van der Waals surface area contributed by atoms with E-state index >= 15 is 0 Å². The first-order valence-corrected chi connectivity index (χ1v) is 6.99. The Bertz CT molecular complexity index is 583. The van der Waals surface area contributed by atoms with Crippen molar-refractivity contribution in [2.45, 2.75) is 17.7 Å². The number of primary sulfonamides is 1. The summed E-state index contributed by atoms with van der Waals surface area (Å²) in [6.45, 7) is 0.564. The van der Waals surface area contributed by atoms with E-state index < -0.39 is 16.1 Å². The number of nitrogens with two attached hydrogens (primary N) is 1. The zero-order valence-electron chi connectivity index (χ0n) is 9.92. The van der Waals surface area contributed by atoms with Crippen LogP contribution in [0.3, 0.4) is 0 Å². The molecule has 1 aliphatic heterocycles. The number of fused-ring (bicyclic) bond motifs is 1. The van der Waals surface area contributed by atoms with Crippen molar-refractivity contribution in [2.75, 3.05) is 18.6 Å². The molecule has 6 nitrogen and oxygen atoms in total. The van der Waals surface area contributed by atoms with Crippen LogP contribution in [-0.2, 0) is 21.2 Å². The lowest BCUT2D eigenvalue weighted by Gasteiger charge is -2.28. The average Bonchev–Trinajstić information content (AvgIpc) is 2.35. The molecule has 0 aromatic heterocycles. The van der Waals surface area contributed by atoms with E-state index in [1.54, 1.807) is 6.07 Å². The highest BCUT2D eigenvalue weighted by atomic mass is 32.2. The van der Waals surface area contributed by atoms with Crippen molar-refractivity contribution < 1.29 is 17.9 Å². The van der Waals surface area contributed by atoms with Crippen LogP contribution in [0.2, 0.25) is 0 Å². The van der Waals surface area contributed by atoms with Gasteiger partial charge in [0.2, 0.25) is 10.0 Å². The summed E-state index contributed by atoms with van der Waals surface area (Å²) in [5, 5.41) is 5.08. The number of hydrogen-bond donors (Lipinski definition) is 1. The van der Waals surface area contributed by atoms with Gasteiger partial charge in [-0.05, 0) is 36.6 Å². The van der Waals surface area contributed by atoms with Crippen molar-refractivity contribution >= 4 is 21.8 Å². The van der Waals surface area contributed by atoms with E-state index in [0.717, 1.165) is 12.0 Å². The van der Waals surface area contributed by atoms with Gasteiger partial charge in [-0.2, -0.15) is 0 Å². The molecule has 0 fully saturated rings. The van der Waals surface area contributed by atoms with Crippen molar-refractivity contribution in [1.82, 2.24) is 0 Å². The minimum Gasteiger partial charge on any atom is -0.452 e. The van der Waals surface area contributed by atoms with Gasteiger partial charge < -0.3 is 4.74 Å². The smallest absolute Gasteiger partial charge is 0.414 e. The highest BCUT2D eigenvalue weighted by molar-refractivity contribution is 7.89. The van der Waals surface area contributed by atoms with Crippen LogP contribution in [-0.4, -0.2) is 28.2 Å². The Labute approximate surface area is 105 Å². The van der Waals surface area contributed by atoms with Crippen LogP contribution in [0.15, 0.2) is 23.1 Å². The SMILES string of the molecule is COC(=O)N1CCCc2cc(S(N)(=O)=O)ccc21. The van der Waals surface area contributed by atoms with E-state index in [1.807, 2.05) is 0 Å². The molecule has 18 heavy (non-hydrogen) atoms. The average molecular weight is 270 g/mol. The molecule has 0 unspecified atom stereocenters. The Balaban J connectivity index is 2.46. The van der Waals surface area contributed by atoms with Crippen molar-refractivity contribution in [3.8, 4) is 0 Å². The third-order valence-corrected chi connectivity index (χ3v) is 3.80. The topological polar surface area (TPSA) is 89.7 Å². The van der Waals surface area contributed by atoms with Crippen LogP contribution < -0.4 is 10.0 Å². The zero-order valence-corrected chi connectivity index (χ0v) is 10.7. The Kier molecular flexibility index (Phi) is 3.27. The number of methoxy groups -OCH3 is 1. The van der Waals surface area contributed by atoms with E-state index in [9.17, 15) is 13.2 Å². The summed E-state index contributed by atoms with van der Waals surface area (Å²) >= 11 is 0. The number of carbonyl (C=O) groups excluding carboxylic acids is 1. The van der Waals surface area contributed by atoms with Crippen molar-refractivity contribution in [2.24, 2.45) is 5.14 Å². The van der Waals surface area contributed by atoms with E-state index in [-0.39, 0.29) is 4.90 Å². The molecule has 0 saturated heterocycles. The maximum Gasteiger partial charge on any atom is 0.414 e. The summed E-state index contributed by atoms with van der Waals surface area (Å²) in [5.74, 6) is 0. The molecule has 0 aliphatic carbocycles. The van der Waals surface area contributed by atoms with Gasteiger partial charge in [0.05, 0.1) is 17.7 Å². The standard InChI is InChI=1S/C11H14N2O4S/c1-17-11(14)13-6-2-3-8-7-9(18(12,15)16)4-5-10(8)13/h4-5,7H,2-3,6H2,1H3,(H2,12,15,16). The molecular formula is C11H14N2O4S. The van der Waals surface area contributed by atoms with Crippen molar-refractivity contribution in [3.05, 3.63) is 23.8 Å². The first-order chi connectivity index (χ1) is 8.43. The summed E-state index contributed by atoms with van der Waals surface area (Å²) in [6, 6.07) is 4.50. The number of carbonyl (C=O) groups is 1. The molecule has 0 bridgehead atoms. The van der Waals surface area contributed by atoms with Crippen LogP contribution in [0.4, 0.5) is 10.5 Å². The van der Waals surface area contributed by atoms with Crippen molar-refractivity contribution in [1.29, 1.82) is 0 Å². The van der Waals surface area contributed by atoms with Crippen LogP contribution in [0, 0.1) is 0 Å². The molecule has 0 radical (unpaired) electrons. The molecule has 98 valence electrons. The molecule has 0 spiro atoms. The summed E-state index contributed by atoms with van der Waals surface area (Å²) in [6.07, 6.45) is 1.03. The van der Waals surface area contributed by atoms with Crippen molar-refractivity contribution in [3.63, 3.8) is 0 Å². The second-order valence-corrected chi connectivity index (χ2v) is 5.62. The summed E-state index contributed by atoms with van der Waals surface area (Å²) in [7, 11) is -2.40. The van der Waals surface area contributed by atoms with Gasteiger partial charge in [-0.3, -0.25) is 4.90 Å². The fourth-order valence-corrected chi connectivity index (χ4v) is 2.61. The van der Waals surface area contributed by atoms with Gasteiger partial charge in [0, 0.05) is 6.54 Å². The number of amides is 1. The van der Waals surface area contributed by atoms with Gasteiger partial charge in [-0.1, -0.05) is 0 Å². The van der Waals surface area contributed by atoms with Gasteiger partial charge in [0.25, 0.3) is 0 Å². The summed E-state index contributed by atoms with van der Waals surface area (Å²) in [4.78, 5) is 13.1. The Morgan fingerprint density at radius 3 is 2.78 bits per heavy atom. The largest absolute Gasteiger partial charge is 0.452 e. The number of anilines is 1. The predicted molar refractivity (Wildman–Crippen MR) is 65.9 cm³/mol. The number of rotatable bonds is 1. The molecule has 1 aromatic rings. The van der Waals surface area contributed by atoms with Crippen LogP contribution in [0.1, 0.15) is 12.0 Å². The van der Waals surface area contributed by atoms with Gasteiger partial charge >= 0.3 is 6.09 Å². The highest BCUT2D eigenvalue weighted by Gasteiger charge is 2.24. The number of sulfonamides is 1. The first-order valence-electron chi connectivity index (χ1n) is 5.44. The third-order valence-electron chi connectivity index (χ3n) is 2.89. The van der Waals surface area contributed by atoms with Crippen LogP contribution in [0.25, 0.3) is 0 Å². The van der Waals surface area contributed by atoms with E-state index in [4.69, 9.17) is 5.14 Å². The summed E-state index contributed by atoms with van der Waals surface area (Å²) in [5.41, 5.74) is 1.47. The monoisotopic (exact) mass is 270 g/mol. The van der Waals surface area contributed by atoms with E-state index in [0.29, 0.717) is 18.7 Å². The molecule has 1 amide bonds. The molecule has 2 rings (SSSR count). The Morgan fingerprint density at radius 2 is 2.17 bits per heavy atom. The van der Waals surface area contributed by atoms with Crippen LogP contribution >= 0.6 is 0 Å². The number of benzene rings is 1. The van der Waals surface area contributed by atoms with Gasteiger partial charge in [-0.25, -0.2) is 18.4 Å². The molecule has 1 aromatic carbocycles. The molecule has 1 aliphatic rings. The molecule has 7 heteroatoms. The zero-order chi connectivity index (χ0) is 13.3. The number of nitrogens with zero attached hydrogens (tertiary/aromatic N) is 1. The van der Waals surface area contributed by atoms with E-state index in [1.165, 1.54) is 24.1 Å². The van der Waals surface area contributed by atoms with Crippen LogP contribution in [0.5, 0.6) is 0 Å². The lowest BCUT2D eigenvalue weighted by molar-refractivity contribution is 0.178. The summed E-state index contributed by atoms with van der Waals surface area (Å²) < 4.78 is 27.2. The fraction of sp³-hybridized carbons (Fsp3) is 0.364. The normalized spacial score (nSPS) is 15.1. The number of ether oxygens (including phenoxy) is 1. The molecule has 0 atom stereocenters. The van der Waals surface area contributed by atoms with E-state index in [2.05, 4.69) is 4.74 Å². The molecule has 0 saturated carbocycles. The lowest BCUT2D eigenvalue weighted by Crippen LogP contribution is -2.35. The minimum absolute atomic E-state index is 0.0629. The molecule has 1 heterocycles. The minimum atomic E-state index is -3.71. The number of hydrogen-bond acceptors (Lipinski definition) is 4. The second kappa shape index (κ2) is 4.58. The fourth-order valence-electron chi connectivity index (χ4n) is 2.05. The third kappa shape index (κ3) is 2.32. The predicted octanol–water partition coefficient (Wildman–Crippen LogP) is 0.853. The first kappa shape index (κ1) is 12.8. The molecule has 2 N–H and O–H groups in total.